The molecule has 2 aromatic carbocycles. The summed E-state index contributed by atoms with van der Waals surface area (Å²) in [7, 11) is 0. The number of aryl methyl sites for hydroxylation is 1. The Morgan fingerprint density at radius 2 is 1.94 bits per heavy atom. The predicted molar refractivity (Wildman–Crippen MR) is 119 cm³/mol. The van der Waals surface area contributed by atoms with Crippen molar-refractivity contribution in [2.24, 2.45) is 0 Å². The molecule has 0 bridgehead atoms. The Balaban J connectivity index is 1.32. The first-order valence-corrected chi connectivity index (χ1v) is 10.7. The molecular formula is C24H28N4O3. The van der Waals surface area contributed by atoms with Gasteiger partial charge >= 0.3 is 0 Å². The highest BCUT2D eigenvalue weighted by atomic mass is 16.2. The summed E-state index contributed by atoms with van der Waals surface area (Å²) in [6.45, 7) is 3.01. The van der Waals surface area contributed by atoms with Gasteiger partial charge in [-0.05, 0) is 37.5 Å². The van der Waals surface area contributed by atoms with Crippen molar-refractivity contribution in [2.75, 3.05) is 25.0 Å². The number of anilines is 1. The zero-order valence-corrected chi connectivity index (χ0v) is 17.7. The maximum Gasteiger partial charge on any atom is 0.255 e. The van der Waals surface area contributed by atoms with Crippen LogP contribution in [0.25, 0.3) is 0 Å². The van der Waals surface area contributed by atoms with E-state index in [1.807, 2.05) is 43.3 Å². The van der Waals surface area contributed by atoms with Gasteiger partial charge in [0.1, 0.15) is 5.66 Å². The number of carbonyl (C=O) groups is 3. The first-order valence-electron chi connectivity index (χ1n) is 10.7. The van der Waals surface area contributed by atoms with Crippen molar-refractivity contribution in [2.45, 2.75) is 38.3 Å². The molecule has 1 fully saturated rings. The lowest BCUT2D eigenvalue weighted by Crippen LogP contribution is -2.58. The second-order valence-electron chi connectivity index (χ2n) is 8.36. The van der Waals surface area contributed by atoms with Gasteiger partial charge in [0.2, 0.25) is 11.8 Å². The van der Waals surface area contributed by atoms with Crippen molar-refractivity contribution in [1.29, 1.82) is 0 Å². The summed E-state index contributed by atoms with van der Waals surface area (Å²) in [5.74, 6) is -0.368. The molecule has 0 radical (unpaired) electrons. The van der Waals surface area contributed by atoms with Gasteiger partial charge in [0.05, 0.1) is 12.1 Å². The fourth-order valence-electron chi connectivity index (χ4n) is 4.28. The van der Waals surface area contributed by atoms with E-state index >= 15 is 0 Å². The molecule has 3 N–H and O–H groups in total. The number of likely N-dealkylation sites (tertiary alicyclic amines) is 1. The van der Waals surface area contributed by atoms with Crippen LogP contribution in [0.1, 0.15) is 40.7 Å². The van der Waals surface area contributed by atoms with E-state index < -0.39 is 5.66 Å². The molecular weight excluding hydrogens is 392 g/mol. The first kappa shape index (κ1) is 20.9. The summed E-state index contributed by atoms with van der Waals surface area (Å²) in [4.78, 5) is 39.2. The number of nitrogens with zero attached hydrogens (tertiary/aromatic N) is 1. The molecule has 3 amide bonds. The van der Waals surface area contributed by atoms with E-state index in [4.69, 9.17) is 0 Å². The number of nitrogens with one attached hydrogen (secondary N) is 3. The van der Waals surface area contributed by atoms with Crippen LogP contribution >= 0.6 is 0 Å². The van der Waals surface area contributed by atoms with Crippen LogP contribution in [0.3, 0.4) is 0 Å². The lowest BCUT2D eigenvalue weighted by atomic mass is 9.95. The molecule has 162 valence electrons. The molecule has 0 saturated carbocycles. The van der Waals surface area contributed by atoms with Crippen LogP contribution < -0.4 is 16.0 Å². The van der Waals surface area contributed by atoms with Gasteiger partial charge in [-0.1, -0.05) is 42.0 Å². The Morgan fingerprint density at radius 1 is 1.10 bits per heavy atom. The number of amides is 3. The van der Waals surface area contributed by atoms with E-state index in [9.17, 15) is 14.4 Å². The van der Waals surface area contributed by atoms with E-state index in [1.54, 1.807) is 11.0 Å². The van der Waals surface area contributed by atoms with Crippen molar-refractivity contribution < 1.29 is 14.4 Å². The Hall–Kier alpha value is -3.35. The zero-order chi connectivity index (χ0) is 21.8. The lowest BCUT2D eigenvalue weighted by Gasteiger charge is -2.39. The summed E-state index contributed by atoms with van der Waals surface area (Å²) in [6.07, 6.45) is 2.04. The molecule has 0 aliphatic carbocycles. The summed E-state index contributed by atoms with van der Waals surface area (Å²) in [5.41, 5.74) is 3.08. The number of fused-ring (bicyclic) bond motifs is 1. The first-order chi connectivity index (χ1) is 14.9. The number of benzene rings is 2. The molecule has 1 saturated heterocycles. The molecule has 1 atom stereocenters. The van der Waals surface area contributed by atoms with Crippen LogP contribution in [-0.2, 0) is 16.0 Å². The number of hydrogen-bond acceptors (Lipinski definition) is 4. The van der Waals surface area contributed by atoms with Crippen LogP contribution in [0, 0.1) is 6.92 Å². The maximum atomic E-state index is 12.6. The van der Waals surface area contributed by atoms with Crippen molar-refractivity contribution in [3.8, 4) is 0 Å². The van der Waals surface area contributed by atoms with Gasteiger partial charge in [0.25, 0.3) is 5.91 Å². The van der Waals surface area contributed by atoms with E-state index in [0.717, 1.165) is 12.1 Å². The van der Waals surface area contributed by atoms with E-state index in [2.05, 4.69) is 22.0 Å². The Labute approximate surface area is 182 Å². The highest BCUT2D eigenvalue weighted by Gasteiger charge is 2.40. The summed E-state index contributed by atoms with van der Waals surface area (Å²) in [5, 5.41) is 9.38. The normalized spacial score (nSPS) is 20.5. The highest BCUT2D eigenvalue weighted by Crippen LogP contribution is 2.31. The largest absolute Gasteiger partial charge is 0.362 e. The zero-order valence-electron chi connectivity index (χ0n) is 17.7. The lowest BCUT2D eigenvalue weighted by molar-refractivity contribution is -0.135. The molecule has 7 nitrogen and oxygen atoms in total. The van der Waals surface area contributed by atoms with Crippen molar-refractivity contribution >= 4 is 23.4 Å². The van der Waals surface area contributed by atoms with Crippen LogP contribution in [0.15, 0.2) is 48.5 Å². The number of carbonyl (C=O) groups excluding carboxylic acids is 3. The fourth-order valence-corrected chi connectivity index (χ4v) is 4.28. The van der Waals surface area contributed by atoms with Gasteiger partial charge in [-0.3, -0.25) is 14.4 Å². The molecule has 1 unspecified atom stereocenters. The van der Waals surface area contributed by atoms with Crippen molar-refractivity contribution in [3.05, 3.63) is 65.2 Å². The minimum atomic E-state index is -0.669. The fraction of sp³-hybridized carbons (Fsp3) is 0.375. The molecule has 0 aromatic heterocycles. The Bertz CT molecular complexity index is 1010. The second-order valence-corrected chi connectivity index (χ2v) is 8.36. The molecule has 31 heavy (non-hydrogen) atoms. The third kappa shape index (κ3) is 4.87. The highest BCUT2D eigenvalue weighted by molar-refractivity contribution is 6.02. The molecule has 7 heteroatoms. The topological polar surface area (TPSA) is 90.5 Å². The number of hydrogen-bond donors (Lipinski definition) is 3. The van der Waals surface area contributed by atoms with E-state index in [1.165, 1.54) is 11.1 Å². The van der Waals surface area contributed by atoms with Crippen molar-refractivity contribution in [3.63, 3.8) is 0 Å². The summed E-state index contributed by atoms with van der Waals surface area (Å²) >= 11 is 0. The number of rotatable bonds is 5. The third-order valence-electron chi connectivity index (χ3n) is 5.98. The molecule has 2 aliphatic heterocycles. The second kappa shape index (κ2) is 8.79. The quantitative estimate of drug-likeness (QED) is 0.692. The number of para-hydroxylation sites is 1. The van der Waals surface area contributed by atoms with Crippen LogP contribution in [0.2, 0.25) is 0 Å². The molecule has 2 aliphatic rings. The SMILES string of the molecule is Cc1cccc(CCNC(=O)CN2CCC3(CCC2=O)NC(=O)c2ccccc2N3)c1. The summed E-state index contributed by atoms with van der Waals surface area (Å²) < 4.78 is 0. The molecule has 4 rings (SSSR count). The van der Waals surface area contributed by atoms with Gasteiger partial charge < -0.3 is 20.9 Å². The van der Waals surface area contributed by atoms with Crippen LogP contribution in [0.5, 0.6) is 0 Å². The van der Waals surface area contributed by atoms with Gasteiger partial charge in [-0.15, -0.1) is 0 Å². The smallest absolute Gasteiger partial charge is 0.255 e. The monoisotopic (exact) mass is 420 g/mol. The van der Waals surface area contributed by atoms with Crippen molar-refractivity contribution in [1.82, 2.24) is 15.5 Å². The average molecular weight is 421 g/mol. The summed E-state index contributed by atoms with van der Waals surface area (Å²) in [6, 6.07) is 15.6. The van der Waals surface area contributed by atoms with E-state index in [-0.39, 0.29) is 30.7 Å². The van der Waals surface area contributed by atoms with Crippen LogP contribution in [-0.4, -0.2) is 47.9 Å². The predicted octanol–water partition coefficient (Wildman–Crippen LogP) is 2.22. The van der Waals surface area contributed by atoms with Crippen LogP contribution in [0.4, 0.5) is 5.69 Å². The van der Waals surface area contributed by atoms with Gasteiger partial charge in [-0.25, -0.2) is 0 Å². The van der Waals surface area contributed by atoms with Gasteiger partial charge in [-0.2, -0.15) is 0 Å². The van der Waals surface area contributed by atoms with E-state index in [0.29, 0.717) is 31.5 Å². The molecule has 1 spiro atoms. The maximum absolute atomic E-state index is 12.6. The third-order valence-corrected chi connectivity index (χ3v) is 5.98. The average Bonchev–Trinajstić information content (AvgIpc) is 2.88. The Kier molecular flexibility index (Phi) is 5.93. The Morgan fingerprint density at radius 3 is 2.77 bits per heavy atom. The van der Waals surface area contributed by atoms with Gasteiger partial charge in [0, 0.05) is 31.6 Å². The molecule has 2 aromatic rings. The van der Waals surface area contributed by atoms with Gasteiger partial charge in [0.15, 0.2) is 0 Å². The minimum absolute atomic E-state index is 0.0350. The minimum Gasteiger partial charge on any atom is -0.362 e. The molecule has 2 heterocycles. The standard InChI is InChI=1S/C24H28N4O3/c1-17-5-4-6-18(15-17)10-13-25-21(29)16-28-14-12-24(11-9-22(28)30)26-20-8-3-2-7-19(20)23(31)27-24/h2-8,15,26H,9-14,16H2,1H3,(H,25,29)(H,27,31).